The van der Waals surface area contributed by atoms with E-state index in [4.69, 9.17) is 0 Å². The van der Waals surface area contributed by atoms with E-state index in [1.54, 1.807) is 22.7 Å². The van der Waals surface area contributed by atoms with Gasteiger partial charge in [0.05, 0.1) is 5.60 Å². The van der Waals surface area contributed by atoms with Crippen LogP contribution in [0.5, 0.6) is 0 Å². The van der Waals surface area contributed by atoms with Crippen LogP contribution < -0.4 is 5.32 Å². The lowest BCUT2D eigenvalue weighted by atomic mass is 9.93. The molecule has 104 valence electrons. The van der Waals surface area contributed by atoms with Gasteiger partial charge in [0.25, 0.3) is 0 Å². The highest BCUT2D eigenvalue weighted by molar-refractivity contribution is 7.15. The Labute approximate surface area is 122 Å². The predicted molar refractivity (Wildman–Crippen MR) is 82.6 cm³/mol. The predicted octanol–water partition coefficient (Wildman–Crippen LogP) is 3.37. The summed E-state index contributed by atoms with van der Waals surface area (Å²) in [5.41, 5.74) is 0.524. The van der Waals surface area contributed by atoms with Gasteiger partial charge in [-0.15, -0.1) is 11.3 Å². The van der Waals surface area contributed by atoms with Crippen molar-refractivity contribution < 1.29 is 5.11 Å². The maximum absolute atomic E-state index is 10.2. The first-order valence-electron chi connectivity index (χ1n) is 6.39. The summed E-state index contributed by atoms with van der Waals surface area (Å²) in [4.78, 5) is 5.63. The smallest absolute Gasteiger partial charge is 0.124 e. The minimum absolute atomic E-state index is 0.239. The van der Waals surface area contributed by atoms with Crippen LogP contribution in [0.1, 0.15) is 25.6 Å². The molecule has 1 atom stereocenters. The van der Waals surface area contributed by atoms with Gasteiger partial charge in [-0.25, -0.2) is 4.98 Å². The molecule has 0 radical (unpaired) electrons. The van der Waals surface area contributed by atoms with Gasteiger partial charge in [0.1, 0.15) is 5.01 Å². The second-order valence-electron chi connectivity index (χ2n) is 5.26. The molecule has 0 aliphatic rings. The lowest BCUT2D eigenvalue weighted by Crippen LogP contribution is -2.41. The third-order valence-corrected chi connectivity index (χ3v) is 5.08. The SMILES string of the molecule is CC(C)C(C)(O)CNCc1cnc(-c2ccsc2)s1. The minimum Gasteiger partial charge on any atom is -0.389 e. The highest BCUT2D eigenvalue weighted by atomic mass is 32.1. The number of aliphatic hydroxyl groups is 1. The second-order valence-corrected chi connectivity index (χ2v) is 7.15. The summed E-state index contributed by atoms with van der Waals surface area (Å²) in [7, 11) is 0. The molecule has 0 aliphatic heterocycles. The van der Waals surface area contributed by atoms with Crippen LogP contribution in [0.25, 0.3) is 10.6 Å². The number of hydrogen-bond acceptors (Lipinski definition) is 5. The Balaban J connectivity index is 1.88. The van der Waals surface area contributed by atoms with Crippen LogP contribution in [0.4, 0.5) is 0 Å². The van der Waals surface area contributed by atoms with Crippen LogP contribution in [-0.2, 0) is 6.54 Å². The van der Waals surface area contributed by atoms with E-state index in [1.165, 1.54) is 10.4 Å². The Morgan fingerprint density at radius 3 is 2.89 bits per heavy atom. The second kappa shape index (κ2) is 6.13. The van der Waals surface area contributed by atoms with E-state index in [0.717, 1.165) is 11.6 Å². The highest BCUT2D eigenvalue weighted by Crippen LogP contribution is 2.26. The molecule has 19 heavy (non-hydrogen) atoms. The molecule has 0 saturated heterocycles. The number of aromatic nitrogens is 1. The Bertz CT molecular complexity index is 503. The Hall–Kier alpha value is -0.750. The monoisotopic (exact) mass is 296 g/mol. The zero-order valence-electron chi connectivity index (χ0n) is 11.5. The molecule has 0 fully saturated rings. The maximum atomic E-state index is 10.2. The number of hydrogen-bond donors (Lipinski definition) is 2. The van der Waals surface area contributed by atoms with Crippen molar-refractivity contribution in [1.82, 2.24) is 10.3 Å². The molecule has 2 N–H and O–H groups in total. The summed E-state index contributed by atoms with van der Waals surface area (Å²) < 4.78 is 0. The Kier molecular flexibility index (Phi) is 4.73. The molecule has 0 aromatic carbocycles. The van der Waals surface area contributed by atoms with Gasteiger partial charge < -0.3 is 10.4 Å². The molecular formula is C14H20N2OS2. The fourth-order valence-corrected chi connectivity index (χ4v) is 3.15. The van der Waals surface area contributed by atoms with Gasteiger partial charge in [-0.05, 0) is 24.3 Å². The summed E-state index contributed by atoms with van der Waals surface area (Å²) in [5.74, 6) is 0.239. The van der Waals surface area contributed by atoms with Crippen molar-refractivity contribution in [2.45, 2.75) is 32.9 Å². The van der Waals surface area contributed by atoms with Crippen molar-refractivity contribution in [3.8, 4) is 10.6 Å². The van der Waals surface area contributed by atoms with Gasteiger partial charge in [0.15, 0.2) is 0 Å². The van der Waals surface area contributed by atoms with Crippen LogP contribution in [0, 0.1) is 5.92 Å². The van der Waals surface area contributed by atoms with E-state index in [9.17, 15) is 5.11 Å². The molecule has 0 aliphatic carbocycles. The van der Waals surface area contributed by atoms with Crippen molar-refractivity contribution in [2.75, 3.05) is 6.54 Å². The molecule has 0 spiro atoms. The topological polar surface area (TPSA) is 45.1 Å². The zero-order chi connectivity index (χ0) is 13.9. The molecule has 0 amide bonds. The number of thiazole rings is 1. The minimum atomic E-state index is -0.666. The van der Waals surface area contributed by atoms with Gasteiger partial charge in [-0.3, -0.25) is 0 Å². The number of nitrogens with one attached hydrogen (secondary N) is 1. The van der Waals surface area contributed by atoms with Crippen molar-refractivity contribution >= 4 is 22.7 Å². The van der Waals surface area contributed by atoms with E-state index in [-0.39, 0.29) is 5.92 Å². The number of nitrogens with zero attached hydrogens (tertiary/aromatic N) is 1. The fraction of sp³-hybridized carbons (Fsp3) is 0.500. The number of thiophene rings is 1. The Morgan fingerprint density at radius 1 is 1.47 bits per heavy atom. The lowest BCUT2D eigenvalue weighted by molar-refractivity contribution is 0.0140. The van der Waals surface area contributed by atoms with Crippen molar-refractivity contribution in [2.24, 2.45) is 5.92 Å². The van der Waals surface area contributed by atoms with Crippen LogP contribution in [-0.4, -0.2) is 22.2 Å². The molecule has 2 rings (SSSR count). The molecular weight excluding hydrogens is 276 g/mol. The van der Waals surface area contributed by atoms with E-state index in [0.29, 0.717) is 6.54 Å². The zero-order valence-corrected chi connectivity index (χ0v) is 13.1. The van der Waals surface area contributed by atoms with E-state index < -0.39 is 5.60 Å². The fourth-order valence-electron chi connectivity index (χ4n) is 1.55. The quantitative estimate of drug-likeness (QED) is 0.859. The summed E-state index contributed by atoms with van der Waals surface area (Å²) in [6.45, 7) is 7.28. The molecule has 2 aromatic heterocycles. The largest absolute Gasteiger partial charge is 0.389 e. The van der Waals surface area contributed by atoms with E-state index in [2.05, 4.69) is 27.1 Å². The van der Waals surface area contributed by atoms with Gasteiger partial charge in [-0.2, -0.15) is 11.3 Å². The molecule has 2 heterocycles. The van der Waals surface area contributed by atoms with Gasteiger partial charge >= 0.3 is 0 Å². The van der Waals surface area contributed by atoms with Crippen molar-refractivity contribution in [3.63, 3.8) is 0 Å². The highest BCUT2D eigenvalue weighted by Gasteiger charge is 2.24. The van der Waals surface area contributed by atoms with Crippen molar-refractivity contribution in [1.29, 1.82) is 0 Å². The molecule has 5 heteroatoms. The first-order valence-corrected chi connectivity index (χ1v) is 8.15. The Morgan fingerprint density at radius 2 is 2.26 bits per heavy atom. The van der Waals surface area contributed by atoms with Gasteiger partial charge in [0, 0.05) is 35.1 Å². The summed E-state index contributed by atoms with van der Waals surface area (Å²) >= 11 is 3.39. The molecule has 3 nitrogen and oxygen atoms in total. The maximum Gasteiger partial charge on any atom is 0.124 e. The standard InChI is InChI=1S/C14H20N2OS2/c1-10(2)14(3,17)9-15-6-12-7-16-13(19-12)11-4-5-18-8-11/h4-5,7-8,10,15,17H,6,9H2,1-3H3. The molecule has 0 bridgehead atoms. The molecule has 2 aromatic rings. The van der Waals surface area contributed by atoms with E-state index >= 15 is 0 Å². The van der Waals surface area contributed by atoms with Crippen LogP contribution in [0.2, 0.25) is 0 Å². The van der Waals surface area contributed by atoms with Crippen LogP contribution >= 0.6 is 22.7 Å². The summed E-state index contributed by atoms with van der Waals surface area (Å²) in [6.07, 6.45) is 1.91. The van der Waals surface area contributed by atoms with Crippen molar-refractivity contribution in [3.05, 3.63) is 27.9 Å². The first-order chi connectivity index (χ1) is 8.99. The van der Waals surface area contributed by atoms with Gasteiger partial charge in [-0.1, -0.05) is 13.8 Å². The summed E-state index contributed by atoms with van der Waals surface area (Å²) in [6, 6.07) is 2.09. The first kappa shape index (κ1) is 14.7. The average Bonchev–Trinajstić information content (AvgIpc) is 2.98. The average molecular weight is 296 g/mol. The summed E-state index contributed by atoms with van der Waals surface area (Å²) in [5, 5.41) is 18.7. The van der Waals surface area contributed by atoms with Crippen LogP contribution in [0.15, 0.2) is 23.0 Å². The molecule has 0 saturated carbocycles. The molecule has 1 unspecified atom stereocenters. The van der Waals surface area contributed by atoms with Gasteiger partial charge in [0.2, 0.25) is 0 Å². The third kappa shape index (κ3) is 3.86. The number of rotatable bonds is 6. The lowest BCUT2D eigenvalue weighted by Gasteiger charge is -2.27. The third-order valence-electron chi connectivity index (χ3n) is 3.35. The normalized spacial score (nSPS) is 14.8. The van der Waals surface area contributed by atoms with E-state index in [1.807, 2.05) is 27.0 Å². The van der Waals surface area contributed by atoms with Crippen LogP contribution in [0.3, 0.4) is 0 Å².